The minimum Gasteiger partial charge on any atom is -0.497 e. The molecule has 2 amide bonds. The Morgan fingerprint density at radius 1 is 1.09 bits per heavy atom. The highest BCUT2D eigenvalue weighted by Gasteiger charge is 2.25. The molecule has 7 nitrogen and oxygen atoms in total. The summed E-state index contributed by atoms with van der Waals surface area (Å²) in [5.74, 6) is 0.952. The van der Waals surface area contributed by atoms with Crippen molar-refractivity contribution in [2.75, 3.05) is 49.6 Å². The van der Waals surface area contributed by atoms with Crippen LogP contribution in [0.25, 0.3) is 0 Å². The number of ether oxygens (including phenoxy) is 2. The SMILES string of the molecule is COc1cccc(N2CCC(CNC(=O)NCc3ccc(N4CC(C)OC(C)C4)c(F)c3)C2)c1. The number of hydrogen-bond donors (Lipinski definition) is 2. The van der Waals surface area contributed by atoms with Crippen molar-refractivity contribution in [2.24, 2.45) is 5.92 Å². The molecule has 2 aliphatic heterocycles. The van der Waals surface area contributed by atoms with Crippen LogP contribution in [0.15, 0.2) is 42.5 Å². The van der Waals surface area contributed by atoms with E-state index in [0.717, 1.165) is 36.5 Å². The highest BCUT2D eigenvalue weighted by molar-refractivity contribution is 5.73. The van der Waals surface area contributed by atoms with Crippen LogP contribution in [-0.2, 0) is 11.3 Å². The van der Waals surface area contributed by atoms with Gasteiger partial charge in [-0.25, -0.2) is 9.18 Å². The molecule has 0 aliphatic carbocycles. The lowest BCUT2D eigenvalue weighted by Crippen LogP contribution is -2.45. The Labute approximate surface area is 201 Å². The zero-order valence-corrected chi connectivity index (χ0v) is 20.2. The zero-order chi connectivity index (χ0) is 24.1. The molecule has 0 radical (unpaired) electrons. The third kappa shape index (κ3) is 6.11. The highest BCUT2D eigenvalue weighted by atomic mass is 19.1. The fourth-order valence-corrected chi connectivity index (χ4v) is 4.81. The third-order valence-corrected chi connectivity index (χ3v) is 6.48. The molecule has 2 fully saturated rings. The summed E-state index contributed by atoms with van der Waals surface area (Å²) in [7, 11) is 1.67. The number of morpholine rings is 1. The molecule has 184 valence electrons. The normalized spacial score (nSPS) is 22.5. The van der Waals surface area contributed by atoms with Gasteiger partial charge < -0.3 is 29.9 Å². The number of amides is 2. The summed E-state index contributed by atoms with van der Waals surface area (Å²) in [6, 6.07) is 13.0. The molecule has 8 heteroatoms. The minimum atomic E-state index is -0.274. The molecule has 0 spiro atoms. The molecule has 0 bridgehead atoms. The van der Waals surface area contributed by atoms with Crippen LogP contribution < -0.4 is 25.2 Å². The van der Waals surface area contributed by atoms with Gasteiger partial charge in [0.05, 0.1) is 25.0 Å². The maximum atomic E-state index is 14.8. The Morgan fingerprint density at radius 3 is 2.62 bits per heavy atom. The van der Waals surface area contributed by atoms with E-state index in [1.165, 1.54) is 6.07 Å². The van der Waals surface area contributed by atoms with Crippen LogP contribution in [0.5, 0.6) is 5.75 Å². The predicted molar refractivity (Wildman–Crippen MR) is 132 cm³/mol. The summed E-state index contributed by atoms with van der Waals surface area (Å²) in [5.41, 5.74) is 2.45. The Balaban J connectivity index is 1.22. The first-order valence-corrected chi connectivity index (χ1v) is 12.0. The lowest BCUT2D eigenvalue weighted by Gasteiger charge is -2.37. The second-order valence-corrected chi connectivity index (χ2v) is 9.31. The van der Waals surface area contributed by atoms with E-state index < -0.39 is 0 Å². The van der Waals surface area contributed by atoms with Crippen molar-refractivity contribution in [3.05, 3.63) is 53.8 Å². The number of nitrogens with one attached hydrogen (secondary N) is 2. The van der Waals surface area contributed by atoms with Crippen molar-refractivity contribution >= 4 is 17.4 Å². The first kappa shape index (κ1) is 24.1. The monoisotopic (exact) mass is 470 g/mol. The lowest BCUT2D eigenvalue weighted by atomic mass is 10.1. The number of urea groups is 1. The second-order valence-electron chi connectivity index (χ2n) is 9.31. The van der Waals surface area contributed by atoms with Crippen molar-refractivity contribution in [3.63, 3.8) is 0 Å². The van der Waals surface area contributed by atoms with Gasteiger partial charge in [-0.1, -0.05) is 12.1 Å². The third-order valence-electron chi connectivity index (χ3n) is 6.48. The van der Waals surface area contributed by atoms with Crippen molar-refractivity contribution in [1.29, 1.82) is 0 Å². The minimum absolute atomic E-state index is 0.0654. The fourth-order valence-electron chi connectivity index (χ4n) is 4.81. The summed E-state index contributed by atoms with van der Waals surface area (Å²) >= 11 is 0. The smallest absolute Gasteiger partial charge is 0.315 e. The van der Waals surface area contributed by atoms with E-state index in [1.807, 2.05) is 43.0 Å². The number of carbonyl (C=O) groups excluding carboxylic acids is 1. The van der Waals surface area contributed by atoms with Gasteiger partial charge in [-0.05, 0) is 56.0 Å². The Bertz CT molecular complexity index is 978. The molecule has 0 saturated carbocycles. The first-order valence-electron chi connectivity index (χ1n) is 12.0. The van der Waals surface area contributed by atoms with E-state index in [-0.39, 0.29) is 30.6 Å². The maximum absolute atomic E-state index is 14.8. The number of benzene rings is 2. The standard InChI is InChI=1S/C26H35FN4O3/c1-18-15-31(16-19(2)34-18)25-8-7-20(11-24(25)27)13-28-26(32)29-14-21-9-10-30(17-21)22-5-4-6-23(12-22)33-3/h4-8,11-12,18-19,21H,9-10,13-17H2,1-3H3,(H2,28,29,32). The second kappa shape index (κ2) is 11.0. The highest BCUT2D eigenvalue weighted by Crippen LogP contribution is 2.27. The number of halogens is 1. The van der Waals surface area contributed by atoms with Gasteiger partial charge in [-0.3, -0.25) is 0 Å². The molecule has 2 aromatic carbocycles. The molecule has 2 heterocycles. The number of nitrogens with zero attached hydrogens (tertiary/aromatic N) is 2. The number of hydrogen-bond acceptors (Lipinski definition) is 5. The summed E-state index contributed by atoms with van der Waals surface area (Å²) < 4.78 is 25.8. The van der Waals surface area contributed by atoms with E-state index in [2.05, 4.69) is 21.6 Å². The number of rotatable bonds is 7. The van der Waals surface area contributed by atoms with Gasteiger partial charge in [-0.2, -0.15) is 0 Å². The van der Waals surface area contributed by atoms with Crippen LogP contribution in [0, 0.1) is 11.7 Å². The maximum Gasteiger partial charge on any atom is 0.315 e. The van der Waals surface area contributed by atoms with E-state index in [0.29, 0.717) is 31.2 Å². The molecule has 2 aromatic rings. The van der Waals surface area contributed by atoms with Crippen molar-refractivity contribution in [2.45, 2.75) is 39.0 Å². The molecular weight excluding hydrogens is 435 g/mol. The van der Waals surface area contributed by atoms with Gasteiger partial charge in [0, 0.05) is 51.0 Å². The van der Waals surface area contributed by atoms with Crippen LogP contribution in [0.4, 0.5) is 20.6 Å². The molecular formula is C26H35FN4O3. The molecule has 3 unspecified atom stereocenters. The Morgan fingerprint density at radius 2 is 1.88 bits per heavy atom. The van der Waals surface area contributed by atoms with Crippen molar-refractivity contribution in [1.82, 2.24) is 10.6 Å². The van der Waals surface area contributed by atoms with E-state index in [1.54, 1.807) is 13.2 Å². The van der Waals surface area contributed by atoms with Gasteiger partial charge in [0.15, 0.2) is 0 Å². The molecule has 3 atom stereocenters. The van der Waals surface area contributed by atoms with Gasteiger partial charge in [-0.15, -0.1) is 0 Å². The van der Waals surface area contributed by atoms with E-state index in [4.69, 9.17) is 9.47 Å². The Hall–Kier alpha value is -3.00. The van der Waals surface area contributed by atoms with E-state index in [9.17, 15) is 9.18 Å². The summed E-state index contributed by atoms with van der Waals surface area (Å²) in [6.45, 7) is 8.05. The Kier molecular flexibility index (Phi) is 7.77. The molecule has 2 saturated heterocycles. The van der Waals surface area contributed by atoms with Crippen LogP contribution in [0.3, 0.4) is 0 Å². The van der Waals surface area contributed by atoms with Crippen LogP contribution in [-0.4, -0.2) is 58.1 Å². The van der Waals surface area contributed by atoms with Gasteiger partial charge in [0.2, 0.25) is 0 Å². The average molecular weight is 471 g/mol. The largest absolute Gasteiger partial charge is 0.497 e. The van der Waals surface area contributed by atoms with E-state index >= 15 is 0 Å². The fraction of sp³-hybridized carbons (Fsp3) is 0.500. The summed E-state index contributed by atoms with van der Waals surface area (Å²) in [6.07, 6.45) is 1.15. The number of anilines is 2. The molecule has 34 heavy (non-hydrogen) atoms. The van der Waals surface area contributed by atoms with Gasteiger partial charge in [0.25, 0.3) is 0 Å². The zero-order valence-electron chi connectivity index (χ0n) is 20.2. The average Bonchev–Trinajstić information content (AvgIpc) is 3.30. The quantitative estimate of drug-likeness (QED) is 0.645. The van der Waals surface area contributed by atoms with Crippen LogP contribution in [0.1, 0.15) is 25.8 Å². The molecule has 4 rings (SSSR count). The molecule has 0 aromatic heterocycles. The lowest BCUT2D eigenvalue weighted by molar-refractivity contribution is -0.00539. The predicted octanol–water partition coefficient (Wildman–Crippen LogP) is 3.77. The van der Waals surface area contributed by atoms with Gasteiger partial charge in [0.1, 0.15) is 11.6 Å². The molecule has 2 aliphatic rings. The first-order chi connectivity index (χ1) is 16.4. The number of carbonyl (C=O) groups is 1. The van der Waals surface area contributed by atoms with Gasteiger partial charge >= 0.3 is 6.03 Å². The van der Waals surface area contributed by atoms with Crippen LogP contribution in [0.2, 0.25) is 0 Å². The van der Waals surface area contributed by atoms with Crippen molar-refractivity contribution in [3.8, 4) is 5.75 Å². The van der Waals surface area contributed by atoms with Crippen molar-refractivity contribution < 1.29 is 18.7 Å². The van der Waals surface area contributed by atoms with Crippen LogP contribution >= 0.6 is 0 Å². The molecule has 2 N–H and O–H groups in total. The summed E-state index contributed by atoms with van der Waals surface area (Å²) in [4.78, 5) is 16.6. The summed E-state index contributed by atoms with van der Waals surface area (Å²) in [5, 5.41) is 5.80. The number of methoxy groups -OCH3 is 1. The topological polar surface area (TPSA) is 66.1 Å².